The van der Waals surface area contributed by atoms with E-state index in [4.69, 9.17) is 4.74 Å². The summed E-state index contributed by atoms with van der Waals surface area (Å²) < 4.78 is 20.3. The van der Waals surface area contributed by atoms with Crippen LogP contribution in [0.1, 0.15) is 122 Å². The van der Waals surface area contributed by atoms with Crippen molar-refractivity contribution in [2.75, 3.05) is 0 Å². The van der Waals surface area contributed by atoms with Gasteiger partial charge in [0.2, 0.25) is 0 Å². The molecule has 1 aromatic carbocycles. The molecular formula is C34H51FO2. The van der Waals surface area contributed by atoms with Crippen molar-refractivity contribution >= 4 is 5.97 Å². The second-order valence-corrected chi connectivity index (χ2v) is 12.4. The first-order valence-electron chi connectivity index (χ1n) is 15.7. The highest BCUT2D eigenvalue weighted by Crippen LogP contribution is 2.50. The summed E-state index contributed by atoms with van der Waals surface area (Å²) in [7, 11) is 0. The summed E-state index contributed by atoms with van der Waals surface area (Å²) in [4.78, 5) is 13.2. The van der Waals surface area contributed by atoms with Gasteiger partial charge in [0.25, 0.3) is 0 Å². The van der Waals surface area contributed by atoms with Crippen molar-refractivity contribution in [1.82, 2.24) is 0 Å². The van der Waals surface area contributed by atoms with E-state index >= 15 is 0 Å². The van der Waals surface area contributed by atoms with Crippen molar-refractivity contribution in [2.45, 2.75) is 123 Å². The van der Waals surface area contributed by atoms with E-state index in [0.717, 1.165) is 37.0 Å². The van der Waals surface area contributed by atoms with Crippen molar-refractivity contribution < 1.29 is 13.9 Å². The summed E-state index contributed by atoms with van der Waals surface area (Å²) in [6, 6.07) is 4.94. The quantitative estimate of drug-likeness (QED) is 0.128. The van der Waals surface area contributed by atoms with Gasteiger partial charge >= 0.3 is 5.97 Å². The second-order valence-electron chi connectivity index (χ2n) is 12.4. The number of halogens is 1. The number of rotatable bonds is 11. The molecule has 3 aliphatic rings. The molecule has 0 spiro atoms. The average molecular weight is 511 g/mol. The Labute approximate surface area is 225 Å². The van der Waals surface area contributed by atoms with Gasteiger partial charge in [-0.3, -0.25) is 4.79 Å². The maximum Gasteiger partial charge on any atom is 0.314 e. The number of hydrogen-bond acceptors (Lipinski definition) is 2. The van der Waals surface area contributed by atoms with Crippen molar-refractivity contribution in [1.29, 1.82) is 0 Å². The molecule has 4 atom stereocenters. The first-order valence-corrected chi connectivity index (χ1v) is 15.7. The van der Waals surface area contributed by atoms with Crippen LogP contribution in [0.4, 0.5) is 4.39 Å². The van der Waals surface area contributed by atoms with E-state index in [1.807, 2.05) is 19.1 Å². The molecule has 3 heteroatoms. The lowest BCUT2D eigenvalue weighted by molar-refractivity contribution is -0.144. The topological polar surface area (TPSA) is 26.3 Å². The van der Waals surface area contributed by atoms with Gasteiger partial charge in [0.15, 0.2) is 0 Å². The first-order chi connectivity index (χ1) is 18.1. The van der Waals surface area contributed by atoms with E-state index in [-0.39, 0.29) is 17.7 Å². The number of fused-ring (bicyclic) bond motifs is 1. The Bertz CT molecular complexity index is 869. The zero-order valence-corrected chi connectivity index (χ0v) is 23.6. The Balaban J connectivity index is 1.25. The number of ether oxygens (including phenoxy) is 1. The average Bonchev–Trinajstić information content (AvgIpc) is 2.92. The maximum absolute atomic E-state index is 14.6. The van der Waals surface area contributed by atoms with Crippen LogP contribution in [0.25, 0.3) is 0 Å². The molecule has 0 bridgehead atoms. The number of carbonyl (C=O) groups excluding carboxylic acids is 1. The van der Waals surface area contributed by atoms with Crippen LogP contribution in [0, 0.1) is 41.3 Å². The largest absolute Gasteiger partial charge is 0.426 e. The molecule has 0 radical (unpaired) electrons. The number of hydrogen-bond donors (Lipinski definition) is 0. The Kier molecular flexibility index (Phi) is 11.1. The monoisotopic (exact) mass is 510 g/mol. The van der Waals surface area contributed by atoms with Crippen LogP contribution in [-0.4, -0.2) is 5.97 Å². The summed E-state index contributed by atoms with van der Waals surface area (Å²) in [5, 5.41) is 0. The SMILES string of the molecule is C/C=C/CCc1ccc(OC(=O)C2CCCC3CC(C4CCC(CCCCCC)CC4)CCC32)cc1F. The summed E-state index contributed by atoms with van der Waals surface area (Å²) >= 11 is 0. The van der Waals surface area contributed by atoms with Crippen molar-refractivity contribution in [3.05, 3.63) is 41.7 Å². The molecule has 3 fully saturated rings. The Morgan fingerprint density at radius 3 is 2.54 bits per heavy atom. The molecule has 4 unspecified atom stereocenters. The summed E-state index contributed by atoms with van der Waals surface area (Å²) in [6.45, 7) is 4.27. The van der Waals surface area contributed by atoms with Crippen LogP contribution < -0.4 is 4.74 Å². The molecule has 37 heavy (non-hydrogen) atoms. The Morgan fingerprint density at radius 1 is 0.973 bits per heavy atom. The fourth-order valence-corrected chi connectivity index (χ4v) is 7.92. The number of benzene rings is 1. The lowest BCUT2D eigenvalue weighted by Gasteiger charge is -2.46. The molecule has 0 N–H and O–H groups in total. The van der Waals surface area contributed by atoms with Gasteiger partial charge in [0.05, 0.1) is 5.92 Å². The van der Waals surface area contributed by atoms with E-state index in [1.54, 1.807) is 12.1 Å². The number of allylic oxidation sites excluding steroid dienone is 2. The highest BCUT2D eigenvalue weighted by molar-refractivity contribution is 5.75. The fraction of sp³-hybridized carbons (Fsp3) is 0.735. The Morgan fingerprint density at radius 2 is 1.78 bits per heavy atom. The Hall–Kier alpha value is -1.64. The molecular weight excluding hydrogens is 459 g/mol. The van der Waals surface area contributed by atoms with E-state index < -0.39 is 0 Å². The molecule has 0 amide bonds. The standard InChI is InChI=1S/C34H51FO2/c1-3-5-7-9-11-25-15-17-26(18-16-25)28-20-22-31-29(23-28)13-10-14-32(31)34(36)37-30-21-19-27(33(35)24-30)12-8-6-4-2/h4,6,19,21,24-26,28-29,31-32H,3,5,7-18,20,22-23H2,1-2H3/b6-4+. The molecule has 3 aliphatic carbocycles. The molecule has 3 saturated carbocycles. The lowest BCUT2D eigenvalue weighted by atomic mass is 9.59. The highest BCUT2D eigenvalue weighted by atomic mass is 19.1. The molecule has 0 aliphatic heterocycles. The van der Waals surface area contributed by atoms with Gasteiger partial charge in [-0.25, -0.2) is 4.39 Å². The third kappa shape index (κ3) is 7.93. The second kappa shape index (κ2) is 14.5. The predicted octanol–water partition coefficient (Wildman–Crippen LogP) is 9.85. The predicted molar refractivity (Wildman–Crippen MR) is 151 cm³/mol. The minimum atomic E-state index is -0.271. The maximum atomic E-state index is 14.6. The lowest BCUT2D eigenvalue weighted by Crippen LogP contribution is -2.40. The highest BCUT2D eigenvalue weighted by Gasteiger charge is 2.43. The molecule has 206 valence electrons. The number of aryl methyl sites for hydroxylation is 1. The summed E-state index contributed by atoms with van der Waals surface area (Å²) in [5.74, 6) is 3.82. The smallest absolute Gasteiger partial charge is 0.314 e. The van der Waals surface area contributed by atoms with Crippen LogP contribution in [0.3, 0.4) is 0 Å². The van der Waals surface area contributed by atoms with Crippen molar-refractivity contribution in [2.24, 2.45) is 35.5 Å². The summed E-state index contributed by atoms with van der Waals surface area (Å²) in [5.41, 5.74) is 0.680. The minimum Gasteiger partial charge on any atom is -0.426 e. The third-order valence-electron chi connectivity index (χ3n) is 10.1. The molecule has 4 rings (SSSR count). The fourth-order valence-electron chi connectivity index (χ4n) is 7.92. The van der Waals surface area contributed by atoms with Crippen molar-refractivity contribution in [3.63, 3.8) is 0 Å². The minimum absolute atomic E-state index is 0.0176. The van der Waals surface area contributed by atoms with Gasteiger partial charge in [-0.05, 0) is 99.5 Å². The third-order valence-corrected chi connectivity index (χ3v) is 10.1. The molecule has 1 aromatic rings. The van der Waals surface area contributed by atoms with Crippen LogP contribution in [-0.2, 0) is 11.2 Å². The van der Waals surface area contributed by atoms with E-state index in [2.05, 4.69) is 6.92 Å². The zero-order valence-electron chi connectivity index (χ0n) is 23.6. The number of carbonyl (C=O) groups is 1. The molecule has 0 heterocycles. The van der Waals surface area contributed by atoms with E-state index in [9.17, 15) is 9.18 Å². The van der Waals surface area contributed by atoms with Gasteiger partial charge in [0.1, 0.15) is 11.6 Å². The molecule has 0 saturated heterocycles. The van der Waals surface area contributed by atoms with Crippen LogP contribution in [0.5, 0.6) is 5.75 Å². The normalized spacial score (nSPS) is 30.2. The van der Waals surface area contributed by atoms with Crippen LogP contribution >= 0.6 is 0 Å². The van der Waals surface area contributed by atoms with Gasteiger partial charge in [-0.2, -0.15) is 0 Å². The van der Waals surface area contributed by atoms with E-state index in [0.29, 0.717) is 29.6 Å². The first kappa shape index (κ1) is 28.4. The molecule has 2 nitrogen and oxygen atoms in total. The van der Waals surface area contributed by atoms with Gasteiger partial charge in [-0.1, -0.05) is 82.9 Å². The zero-order chi connectivity index (χ0) is 26.0. The number of esters is 1. The van der Waals surface area contributed by atoms with Crippen LogP contribution in [0.15, 0.2) is 30.4 Å². The van der Waals surface area contributed by atoms with E-state index in [1.165, 1.54) is 89.5 Å². The number of unbranched alkanes of at least 4 members (excludes halogenated alkanes) is 3. The van der Waals surface area contributed by atoms with Gasteiger partial charge < -0.3 is 4.74 Å². The van der Waals surface area contributed by atoms with Gasteiger partial charge in [-0.15, -0.1) is 0 Å². The van der Waals surface area contributed by atoms with Gasteiger partial charge in [0, 0.05) is 6.07 Å². The summed E-state index contributed by atoms with van der Waals surface area (Å²) in [6.07, 6.45) is 25.4. The van der Waals surface area contributed by atoms with Crippen molar-refractivity contribution in [3.8, 4) is 5.75 Å². The van der Waals surface area contributed by atoms with Crippen LogP contribution in [0.2, 0.25) is 0 Å². The molecule has 0 aromatic heterocycles.